The average molecular weight is 298 g/mol. The van der Waals surface area contributed by atoms with Gasteiger partial charge in [-0.05, 0) is 30.3 Å². The van der Waals surface area contributed by atoms with Crippen LogP contribution in [0.1, 0.15) is 10.4 Å². The van der Waals surface area contributed by atoms with E-state index in [1.807, 2.05) is 0 Å². The van der Waals surface area contributed by atoms with Crippen LogP contribution in [0.25, 0.3) is 0 Å². The maximum absolute atomic E-state index is 12.1. The minimum atomic E-state index is -0.494. The fraction of sp³-hybridized carbons (Fsp3) is 0.0625. The summed E-state index contributed by atoms with van der Waals surface area (Å²) in [4.78, 5) is 22.2. The molecular formula is C16H14N2O4. The third-order valence-electron chi connectivity index (χ3n) is 2.80. The quantitative estimate of drug-likeness (QED) is 0.503. The summed E-state index contributed by atoms with van der Waals surface area (Å²) < 4.78 is 5.37. The van der Waals surface area contributed by atoms with Crippen LogP contribution in [-0.2, 0) is 0 Å². The van der Waals surface area contributed by atoms with Crippen molar-refractivity contribution < 1.29 is 14.5 Å². The zero-order valence-electron chi connectivity index (χ0n) is 11.7. The molecule has 0 saturated carbocycles. The highest BCUT2D eigenvalue weighted by Gasteiger charge is 2.09. The van der Waals surface area contributed by atoms with Crippen molar-refractivity contribution in [3.05, 3.63) is 76.9 Å². The Bertz CT molecular complexity index is 696. The highest BCUT2D eigenvalue weighted by molar-refractivity contribution is 6.04. The van der Waals surface area contributed by atoms with Crippen LogP contribution in [0.5, 0.6) is 5.75 Å². The van der Waals surface area contributed by atoms with Crippen LogP contribution >= 0.6 is 0 Å². The lowest BCUT2D eigenvalue weighted by Gasteiger charge is -2.07. The van der Waals surface area contributed by atoms with E-state index in [9.17, 15) is 14.9 Å². The summed E-state index contributed by atoms with van der Waals surface area (Å²) >= 11 is 0. The summed E-state index contributed by atoms with van der Waals surface area (Å²) in [5.41, 5.74) is 0.880. The Balaban J connectivity index is 2.08. The molecule has 2 aromatic rings. The Hall–Kier alpha value is -3.15. The second-order valence-electron chi connectivity index (χ2n) is 4.39. The Kier molecular flexibility index (Phi) is 4.87. The predicted octanol–water partition coefficient (Wildman–Crippen LogP) is 3.41. The van der Waals surface area contributed by atoms with Crippen LogP contribution in [0, 0.1) is 10.1 Å². The third kappa shape index (κ3) is 3.92. The molecule has 0 fully saturated rings. The molecule has 0 atom stereocenters. The van der Waals surface area contributed by atoms with Crippen molar-refractivity contribution >= 4 is 17.3 Å². The van der Waals surface area contributed by atoms with E-state index < -0.39 is 4.92 Å². The lowest BCUT2D eigenvalue weighted by atomic mass is 10.2. The number of carbonyl (C=O) groups excluding carboxylic acids is 1. The van der Waals surface area contributed by atoms with Crippen molar-refractivity contribution in [2.24, 2.45) is 0 Å². The SMILES string of the molecule is C=CCOc1cccc(C(=O)Nc2ccc([N+](=O)[O-])cc2)c1. The number of anilines is 1. The van der Waals surface area contributed by atoms with Gasteiger partial charge in [0, 0.05) is 23.4 Å². The first-order valence-corrected chi connectivity index (χ1v) is 6.49. The molecule has 6 nitrogen and oxygen atoms in total. The van der Waals surface area contributed by atoms with Gasteiger partial charge in [-0.1, -0.05) is 18.7 Å². The summed E-state index contributed by atoms with van der Waals surface area (Å²) in [5, 5.41) is 13.2. The van der Waals surface area contributed by atoms with Gasteiger partial charge in [0.25, 0.3) is 11.6 Å². The van der Waals surface area contributed by atoms with Gasteiger partial charge in [0.05, 0.1) is 4.92 Å². The van der Waals surface area contributed by atoms with Crippen LogP contribution in [0.4, 0.5) is 11.4 Å². The predicted molar refractivity (Wildman–Crippen MR) is 83.2 cm³/mol. The second kappa shape index (κ2) is 7.03. The third-order valence-corrected chi connectivity index (χ3v) is 2.80. The summed E-state index contributed by atoms with van der Waals surface area (Å²) in [6, 6.07) is 12.3. The highest BCUT2D eigenvalue weighted by Crippen LogP contribution is 2.18. The summed E-state index contributed by atoms with van der Waals surface area (Å²) in [7, 11) is 0. The highest BCUT2D eigenvalue weighted by atomic mass is 16.6. The number of nitrogens with one attached hydrogen (secondary N) is 1. The minimum Gasteiger partial charge on any atom is -0.490 e. The van der Waals surface area contributed by atoms with E-state index in [2.05, 4.69) is 11.9 Å². The van der Waals surface area contributed by atoms with E-state index in [1.54, 1.807) is 30.3 Å². The number of hydrogen-bond donors (Lipinski definition) is 1. The van der Waals surface area contributed by atoms with Crippen molar-refractivity contribution in [1.29, 1.82) is 0 Å². The van der Waals surface area contributed by atoms with Gasteiger partial charge in [-0.25, -0.2) is 0 Å². The average Bonchev–Trinajstić information content (AvgIpc) is 2.53. The van der Waals surface area contributed by atoms with Crippen molar-refractivity contribution in [2.75, 3.05) is 11.9 Å². The molecule has 2 rings (SSSR count). The van der Waals surface area contributed by atoms with Gasteiger partial charge in [-0.2, -0.15) is 0 Å². The summed E-state index contributed by atoms with van der Waals surface area (Å²) in [6.45, 7) is 3.91. The number of amides is 1. The number of benzene rings is 2. The van der Waals surface area contributed by atoms with Gasteiger partial charge < -0.3 is 10.1 Å². The first-order chi connectivity index (χ1) is 10.6. The van der Waals surface area contributed by atoms with Crippen LogP contribution in [0.2, 0.25) is 0 Å². The number of nitro benzene ring substituents is 1. The van der Waals surface area contributed by atoms with E-state index in [0.717, 1.165) is 0 Å². The molecule has 22 heavy (non-hydrogen) atoms. The molecule has 1 amide bonds. The second-order valence-corrected chi connectivity index (χ2v) is 4.39. The molecule has 0 heterocycles. The van der Waals surface area contributed by atoms with Crippen molar-refractivity contribution in [3.63, 3.8) is 0 Å². The van der Waals surface area contributed by atoms with Crippen LogP contribution in [0.15, 0.2) is 61.2 Å². The van der Waals surface area contributed by atoms with Crippen molar-refractivity contribution in [3.8, 4) is 5.75 Å². The van der Waals surface area contributed by atoms with E-state index >= 15 is 0 Å². The fourth-order valence-corrected chi connectivity index (χ4v) is 1.75. The minimum absolute atomic E-state index is 0.0298. The lowest BCUT2D eigenvalue weighted by Crippen LogP contribution is -2.12. The Labute approximate surface area is 127 Å². The van der Waals surface area contributed by atoms with Gasteiger partial charge in [-0.3, -0.25) is 14.9 Å². The summed E-state index contributed by atoms with van der Waals surface area (Å²) in [6.07, 6.45) is 1.61. The number of non-ortho nitro benzene ring substituents is 1. The molecule has 0 radical (unpaired) electrons. The van der Waals surface area contributed by atoms with Gasteiger partial charge in [-0.15, -0.1) is 0 Å². The molecule has 2 aromatic carbocycles. The number of carbonyl (C=O) groups is 1. The molecular weight excluding hydrogens is 284 g/mol. The van der Waals surface area contributed by atoms with E-state index in [0.29, 0.717) is 23.6 Å². The number of nitrogens with zero attached hydrogens (tertiary/aromatic N) is 1. The van der Waals surface area contributed by atoms with E-state index in [4.69, 9.17) is 4.74 Å². The maximum Gasteiger partial charge on any atom is 0.269 e. The zero-order chi connectivity index (χ0) is 15.9. The van der Waals surface area contributed by atoms with Crippen molar-refractivity contribution in [1.82, 2.24) is 0 Å². The largest absolute Gasteiger partial charge is 0.490 e. The monoisotopic (exact) mass is 298 g/mol. The Morgan fingerprint density at radius 1 is 1.27 bits per heavy atom. The fourth-order valence-electron chi connectivity index (χ4n) is 1.75. The molecule has 0 aliphatic rings. The first-order valence-electron chi connectivity index (χ1n) is 6.49. The number of rotatable bonds is 6. The molecule has 0 aliphatic heterocycles. The van der Waals surface area contributed by atoms with E-state index in [1.165, 1.54) is 24.3 Å². The topological polar surface area (TPSA) is 81.5 Å². The molecule has 0 aromatic heterocycles. The standard InChI is InChI=1S/C16H14N2O4/c1-2-10-22-15-5-3-4-12(11-15)16(19)17-13-6-8-14(9-7-13)18(20)21/h2-9,11H,1,10H2,(H,17,19). The van der Waals surface area contributed by atoms with Crippen molar-refractivity contribution in [2.45, 2.75) is 0 Å². The smallest absolute Gasteiger partial charge is 0.269 e. The van der Waals surface area contributed by atoms with Crippen LogP contribution < -0.4 is 10.1 Å². The normalized spacial score (nSPS) is 9.82. The molecule has 0 bridgehead atoms. The molecule has 0 saturated heterocycles. The van der Waals surface area contributed by atoms with E-state index in [-0.39, 0.29) is 11.6 Å². The number of ether oxygens (including phenoxy) is 1. The van der Waals surface area contributed by atoms with Gasteiger partial charge in [0.15, 0.2) is 0 Å². The molecule has 1 N–H and O–H groups in total. The van der Waals surface area contributed by atoms with Gasteiger partial charge >= 0.3 is 0 Å². The zero-order valence-corrected chi connectivity index (χ0v) is 11.7. The first kappa shape index (κ1) is 15.2. The molecule has 112 valence electrons. The Morgan fingerprint density at radius 2 is 2.00 bits per heavy atom. The Morgan fingerprint density at radius 3 is 2.64 bits per heavy atom. The molecule has 0 spiro atoms. The summed E-state index contributed by atoms with van der Waals surface area (Å²) in [5.74, 6) is 0.245. The molecule has 0 unspecified atom stereocenters. The lowest BCUT2D eigenvalue weighted by molar-refractivity contribution is -0.384. The van der Waals surface area contributed by atoms with Gasteiger partial charge in [0.1, 0.15) is 12.4 Å². The number of hydrogen-bond acceptors (Lipinski definition) is 4. The molecule has 6 heteroatoms. The van der Waals surface area contributed by atoms with Crippen LogP contribution in [0.3, 0.4) is 0 Å². The number of nitro groups is 1. The molecule has 0 aliphatic carbocycles. The van der Waals surface area contributed by atoms with Gasteiger partial charge in [0.2, 0.25) is 0 Å². The maximum atomic E-state index is 12.1. The van der Waals surface area contributed by atoms with Crippen LogP contribution in [-0.4, -0.2) is 17.4 Å².